The van der Waals surface area contributed by atoms with Crippen LogP contribution in [0.5, 0.6) is 0 Å². The Morgan fingerprint density at radius 2 is 1.10 bits per heavy atom. The van der Waals surface area contributed by atoms with Crippen molar-refractivity contribution in [1.82, 2.24) is 9.80 Å². The van der Waals surface area contributed by atoms with E-state index in [2.05, 4.69) is 15.1 Å². The molecule has 7 heteroatoms. The fraction of sp³-hybridized carbons (Fsp3) is 0.208. The molecule has 0 atom stereocenters. The Hall–Kier alpha value is -2.90. The van der Waals surface area contributed by atoms with Crippen molar-refractivity contribution < 1.29 is 13.2 Å². The van der Waals surface area contributed by atoms with Crippen LogP contribution in [-0.2, 0) is 0 Å². The summed E-state index contributed by atoms with van der Waals surface area (Å²) in [5.41, 5.74) is 2.64. The zero-order valence-electron chi connectivity index (χ0n) is 16.8. The molecular weight excluding hydrogens is 419 g/mol. The second-order valence-corrected chi connectivity index (χ2v) is 7.85. The molecule has 3 aromatic carbocycles. The number of rotatable bonds is 4. The molecule has 0 bridgehead atoms. The summed E-state index contributed by atoms with van der Waals surface area (Å²) >= 11 is 5.53. The maximum absolute atomic E-state index is 13.5. The van der Waals surface area contributed by atoms with Crippen LogP contribution in [0, 0.1) is 17.5 Å². The third-order valence-corrected chi connectivity index (χ3v) is 5.79. The number of piperazine rings is 1. The maximum atomic E-state index is 13.5. The highest BCUT2D eigenvalue weighted by atomic mass is 32.1. The van der Waals surface area contributed by atoms with Gasteiger partial charge in [0.1, 0.15) is 17.5 Å². The van der Waals surface area contributed by atoms with Gasteiger partial charge in [-0.05, 0) is 71.9 Å². The molecule has 0 amide bonds. The van der Waals surface area contributed by atoms with Crippen LogP contribution in [0.2, 0.25) is 0 Å². The number of benzene rings is 3. The third-order valence-electron chi connectivity index (χ3n) is 5.43. The molecule has 1 fully saturated rings. The summed E-state index contributed by atoms with van der Waals surface area (Å²) in [5.74, 6) is -0.870. The van der Waals surface area contributed by atoms with Gasteiger partial charge < -0.3 is 10.2 Å². The second kappa shape index (κ2) is 9.49. The van der Waals surface area contributed by atoms with Crippen molar-refractivity contribution in [3.63, 3.8) is 0 Å². The zero-order chi connectivity index (χ0) is 21.8. The summed E-state index contributed by atoms with van der Waals surface area (Å²) in [7, 11) is 0. The molecule has 3 aromatic rings. The molecule has 0 radical (unpaired) electrons. The quantitative estimate of drug-likeness (QED) is 0.560. The maximum Gasteiger partial charge on any atom is 0.173 e. The number of nitrogens with zero attached hydrogens (tertiary/aromatic N) is 2. The lowest BCUT2D eigenvalue weighted by Crippen LogP contribution is -2.51. The lowest BCUT2D eigenvalue weighted by Gasteiger charge is -2.40. The van der Waals surface area contributed by atoms with E-state index in [4.69, 9.17) is 12.2 Å². The van der Waals surface area contributed by atoms with Gasteiger partial charge >= 0.3 is 0 Å². The molecule has 4 rings (SSSR count). The van der Waals surface area contributed by atoms with Crippen LogP contribution < -0.4 is 5.32 Å². The fourth-order valence-electron chi connectivity index (χ4n) is 3.82. The second-order valence-electron chi connectivity index (χ2n) is 7.47. The lowest BCUT2D eigenvalue weighted by molar-refractivity contribution is 0.151. The van der Waals surface area contributed by atoms with Crippen LogP contribution in [0.1, 0.15) is 17.2 Å². The standard InChI is InChI=1S/C24H22F3N3S/c25-19-5-1-17(2-6-19)23(18-3-7-20(26)8-4-18)29-13-15-30(16-14-29)24(31)28-22-11-9-21(27)10-12-22/h1-12,23H,13-16H2,(H,28,31). The van der Waals surface area contributed by atoms with Gasteiger partial charge in [-0.3, -0.25) is 4.90 Å². The van der Waals surface area contributed by atoms with Crippen molar-refractivity contribution in [2.45, 2.75) is 6.04 Å². The summed E-state index contributed by atoms with van der Waals surface area (Å²) in [5, 5.41) is 3.74. The summed E-state index contributed by atoms with van der Waals surface area (Å²) in [6, 6.07) is 18.9. The topological polar surface area (TPSA) is 18.5 Å². The number of halogens is 3. The molecule has 1 heterocycles. The average molecular weight is 442 g/mol. The van der Waals surface area contributed by atoms with Crippen molar-refractivity contribution in [1.29, 1.82) is 0 Å². The lowest BCUT2D eigenvalue weighted by atomic mass is 9.96. The Morgan fingerprint density at radius 3 is 1.55 bits per heavy atom. The normalized spacial score (nSPS) is 14.6. The van der Waals surface area contributed by atoms with Gasteiger partial charge in [-0.2, -0.15) is 0 Å². The first-order chi connectivity index (χ1) is 15.0. The minimum atomic E-state index is -0.294. The first-order valence-corrected chi connectivity index (χ1v) is 10.5. The molecule has 1 N–H and O–H groups in total. The Balaban J connectivity index is 1.47. The molecule has 1 saturated heterocycles. The van der Waals surface area contributed by atoms with E-state index in [-0.39, 0.29) is 23.5 Å². The molecule has 3 nitrogen and oxygen atoms in total. The van der Waals surface area contributed by atoms with E-state index in [1.54, 1.807) is 36.4 Å². The van der Waals surface area contributed by atoms with Crippen molar-refractivity contribution in [2.75, 3.05) is 31.5 Å². The van der Waals surface area contributed by atoms with Crippen LogP contribution in [0.15, 0.2) is 72.8 Å². The van der Waals surface area contributed by atoms with Crippen molar-refractivity contribution in [3.05, 3.63) is 101 Å². The van der Waals surface area contributed by atoms with Crippen LogP contribution in [0.25, 0.3) is 0 Å². The van der Waals surface area contributed by atoms with E-state index >= 15 is 0 Å². The van der Waals surface area contributed by atoms with E-state index in [1.807, 2.05) is 0 Å². The van der Waals surface area contributed by atoms with Gasteiger partial charge in [0, 0.05) is 31.9 Å². The number of hydrogen-bond donors (Lipinski definition) is 1. The molecule has 0 unspecified atom stereocenters. The van der Waals surface area contributed by atoms with Crippen molar-refractivity contribution in [3.8, 4) is 0 Å². The Morgan fingerprint density at radius 1 is 0.677 bits per heavy atom. The van der Waals surface area contributed by atoms with Gasteiger partial charge in [0.05, 0.1) is 6.04 Å². The van der Waals surface area contributed by atoms with Gasteiger partial charge in [-0.15, -0.1) is 0 Å². The highest BCUT2D eigenvalue weighted by Crippen LogP contribution is 2.30. The Kier molecular flexibility index (Phi) is 6.53. The molecule has 0 spiro atoms. The molecule has 31 heavy (non-hydrogen) atoms. The van der Waals surface area contributed by atoms with Gasteiger partial charge in [0.2, 0.25) is 0 Å². The highest BCUT2D eigenvalue weighted by molar-refractivity contribution is 7.80. The van der Waals surface area contributed by atoms with Crippen LogP contribution in [0.4, 0.5) is 18.9 Å². The van der Waals surface area contributed by atoms with E-state index in [0.717, 1.165) is 29.9 Å². The number of hydrogen-bond acceptors (Lipinski definition) is 2. The highest BCUT2D eigenvalue weighted by Gasteiger charge is 2.27. The molecule has 1 aliphatic heterocycles. The van der Waals surface area contributed by atoms with Crippen molar-refractivity contribution >= 4 is 23.0 Å². The van der Waals surface area contributed by atoms with Crippen LogP contribution >= 0.6 is 12.2 Å². The predicted molar refractivity (Wildman–Crippen MR) is 120 cm³/mol. The number of anilines is 1. The molecule has 160 valence electrons. The van der Waals surface area contributed by atoms with Gasteiger partial charge in [0.15, 0.2) is 5.11 Å². The number of thiocarbonyl (C=S) groups is 1. The van der Waals surface area contributed by atoms with Gasteiger partial charge in [-0.1, -0.05) is 24.3 Å². The summed E-state index contributed by atoms with van der Waals surface area (Å²) in [6.45, 7) is 2.85. The largest absolute Gasteiger partial charge is 0.346 e. The van der Waals surface area contributed by atoms with E-state index in [1.165, 1.54) is 36.4 Å². The molecule has 1 aliphatic rings. The minimum Gasteiger partial charge on any atom is -0.346 e. The Bertz CT molecular complexity index is 970. The van der Waals surface area contributed by atoms with E-state index in [9.17, 15) is 13.2 Å². The minimum absolute atomic E-state index is 0.109. The Labute approximate surface area is 185 Å². The summed E-state index contributed by atoms with van der Waals surface area (Å²) < 4.78 is 40.1. The summed E-state index contributed by atoms with van der Waals surface area (Å²) in [6.07, 6.45) is 0. The van der Waals surface area contributed by atoms with Crippen molar-refractivity contribution in [2.24, 2.45) is 0 Å². The molecule has 0 aromatic heterocycles. The van der Waals surface area contributed by atoms with Crippen LogP contribution in [-0.4, -0.2) is 41.1 Å². The van der Waals surface area contributed by atoms with E-state index < -0.39 is 0 Å². The SMILES string of the molecule is Fc1ccc(NC(=S)N2CCN(C(c3ccc(F)cc3)c3ccc(F)cc3)CC2)cc1. The van der Waals surface area contributed by atoms with Gasteiger partial charge in [0.25, 0.3) is 0 Å². The predicted octanol–water partition coefficient (Wildman–Crippen LogP) is 5.21. The summed E-state index contributed by atoms with van der Waals surface area (Å²) in [4.78, 5) is 4.36. The molecular formula is C24H22F3N3S. The fourth-order valence-corrected chi connectivity index (χ4v) is 4.12. The van der Waals surface area contributed by atoms with E-state index in [0.29, 0.717) is 18.2 Å². The van der Waals surface area contributed by atoms with Gasteiger partial charge in [-0.25, -0.2) is 13.2 Å². The monoisotopic (exact) mass is 441 g/mol. The average Bonchev–Trinajstić information content (AvgIpc) is 2.78. The molecule has 0 aliphatic carbocycles. The smallest absolute Gasteiger partial charge is 0.173 e. The first-order valence-electron chi connectivity index (χ1n) is 10.1. The zero-order valence-corrected chi connectivity index (χ0v) is 17.6. The molecule has 0 saturated carbocycles. The third kappa shape index (κ3) is 5.24. The first kappa shape index (κ1) is 21.3. The number of nitrogens with one attached hydrogen (secondary N) is 1. The van der Waals surface area contributed by atoms with Crippen LogP contribution in [0.3, 0.4) is 0 Å².